The third-order valence-electron chi connectivity index (χ3n) is 3.29. The number of phenols is 1. The molecule has 0 radical (unpaired) electrons. The molecule has 1 aromatic rings. The van der Waals surface area contributed by atoms with E-state index in [-0.39, 0.29) is 18.9 Å². The van der Waals surface area contributed by atoms with Crippen molar-refractivity contribution in [2.45, 2.75) is 25.9 Å². The Morgan fingerprint density at radius 1 is 1.40 bits per heavy atom. The average molecular weight is 279 g/mol. The topological polar surface area (TPSA) is 76.1 Å². The largest absolute Gasteiger partial charge is 0.508 e. The Morgan fingerprint density at radius 2 is 2.15 bits per heavy atom. The van der Waals surface area contributed by atoms with Crippen LogP contribution >= 0.6 is 0 Å². The van der Waals surface area contributed by atoms with Crippen molar-refractivity contribution in [1.82, 2.24) is 4.90 Å². The highest BCUT2D eigenvalue weighted by atomic mass is 16.6. The van der Waals surface area contributed by atoms with Crippen LogP contribution in [0.25, 0.3) is 0 Å². The van der Waals surface area contributed by atoms with Gasteiger partial charge in [0, 0.05) is 6.42 Å². The Hall–Kier alpha value is -2.24. The lowest BCUT2D eigenvalue weighted by molar-refractivity contribution is -0.149. The summed E-state index contributed by atoms with van der Waals surface area (Å²) in [5, 5.41) is 9.52. The first kappa shape index (κ1) is 14.2. The zero-order valence-electron chi connectivity index (χ0n) is 11.5. The first-order valence-electron chi connectivity index (χ1n) is 6.38. The Balaban J connectivity index is 2.32. The van der Waals surface area contributed by atoms with Crippen LogP contribution in [-0.2, 0) is 27.2 Å². The van der Waals surface area contributed by atoms with Gasteiger partial charge in [0.15, 0.2) is 0 Å². The Morgan fingerprint density at radius 3 is 2.80 bits per heavy atom. The van der Waals surface area contributed by atoms with Crippen LogP contribution in [0.1, 0.15) is 18.1 Å². The molecule has 1 N–H and O–H groups in total. The number of esters is 1. The smallest absolute Gasteiger partial charge is 0.410 e. The van der Waals surface area contributed by atoms with Crippen molar-refractivity contribution in [3.05, 3.63) is 29.3 Å². The lowest BCUT2D eigenvalue weighted by atomic mass is 9.94. The monoisotopic (exact) mass is 279 g/mol. The minimum atomic E-state index is -0.725. The number of methoxy groups -OCH3 is 1. The van der Waals surface area contributed by atoms with Gasteiger partial charge in [-0.25, -0.2) is 9.59 Å². The first-order chi connectivity index (χ1) is 9.56. The summed E-state index contributed by atoms with van der Waals surface area (Å²) in [4.78, 5) is 25.1. The quantitative estimate of drug-likeness (QED) is 0.829. The van der Waals surface area contributed by atoms with E-state index in [0.717, 1.165) is 11.1 Å². The summed E-state index contributed by atoms with van der Waals surface area (Å²) in [5.74, 6) is -0.329. The maximum Gasteiger partial charge on any atom is 0.410 e. The Bertz CT molecular complexity index is 528. The van der Waals surface area contributed by atoms with E-state index < -0.39 is 18.1 Å². The number of benzene rings is 1. The van der Waals surface area contributed by atoms with Crippen LogP contribution in [0.3, 0.4) is 0 Å². The Labute approximate surface area is 116 Å². The second kappa shape index (κ2) is 5.81. The molecular weight excluding hydrogens is 262 g/mol. The molecule has 0 saturated carbocycles. The molecule has 1 aliphatic rings. The van der Waals surface area contributed by atoms with Gasteiger partial charge in [-0.3, -0.25) is 4.90 Å². The van der Waals surface area contributed by atoms with E-state index in [1.54, 1.807) is 25.1 Å². The fourth-order valence-electron chi connectivity index (χ4n) is 2.33. The van der Waals surface area contributed by atoms with E-state index in [0.29, 0.717) is 6.42 Å². The van der Waals surface area contributed by atoms with Crippen molar-refractivity contribution in [1.29, 1.82) is 0 Å². The van der Waals surface area contributed by atoms with Crippen molar-refractivity contribution in [2.75, 3.05) is 13.7 Å². The molecular formula is C14H17NO5. The molecule has 1 aliphatic heterocycles. The van der Waals surface area contributed by atoms with Crippen LogP contribution < -0.4 is 0 Å². The van der Waals surface area contributed by atoms with Crippen molar-refractivity contribution in [3.63, 3.8) is 0 Å². The van der Waals surface area contributed by atoms with Crippen LogP contribution in [0.2, 0.25) is 0 Å². The number of rotatable bonds is 2. The van der Waals surface area contributed by atoms with Gasteiger partial charge in [0.1, 0.15) is 11.8 Å². The number of hydrogen-bond acceptors (Lipinski definition) is 5. The molecule has 6 heteroatoms. The van der Waals surface area contributed by atoms with E-state index >= 15 is 0 Å². The summed E-state index contributed by atoms with van der Waals surface area (Å²) in [6.07, 6.45) is -0.265. The number of carbonyl (C=O) groups excluding carboxylic acids is 2. The molecule has 0 bridgehead atoms. The summed E-state index contributed by atoms with van der Waals surface area (Å²) in [6, 6.07) is 4.17. The van der Waals surface area contributed by atoms with E-state index in [4.69, 9.17) is 9.47 Å². The summed E-state index contributed by atoms with van der Waals surface area (Å²) in [5.41, 5.74) is 1.72. The molecule has 0 spiro atoms. The minimum Gasteiger partial charge on any atom is -0.508 e. The molecule has 2 rings (SSSR count). The molecule has 0 saturated heterocycles. The number of fused-ring (bicyclic) bond motifs is 1. The normalized spacial score (nSPS) is 17.3. The number of nitrogens with zero attached hydrogens (tertiary/aromatic N) is 1. The van der Waals surface area contributed by atoms with Gasteiger partial charge < -0.3 is 14.6 Å². The predicted octanol–water partition coefficient (Wildman–Crippen LogP) is 1.45. The second-order valence-electron chi connectivity index (χ2n) is 4.52. The summed E-state index contributed by atoms with van der Waals surface area (Å²) in [6.45, 7) is 2.21. The lowest BCUT2D eigenvalue weighted by Crippen LogP contribution is -2.49. The fourth-order valence-corrected chi connectivity index (χ4v) is 2.33. The van der Waals surface area contributed by atoms with Crippen molar-refractivity contribution >= 4 is 12.1 Å². The lowest BCUT2D eigenvalue weighted by Gasteiger charge is -2.34. The number of carbonyl (C=O) groups is 2. The summed E-state index contributed by atoms with van der Waals surface area (Å²) < 4.78 is 9.72. The van der Waals surface area contributed by atoms with Gasteiger partial charge in [-0.15, -0.1) is 0 Å². The molecule has 20 heavy (non-hydrogen) atoms. The highest BCUT2D eigenvalue weighted by Crippen LogP contribution is 2.27. The van der Waals surface area contributed by atoms with Crippen molar-refractivity contribution in [3.8, 4) is 5.75 Å². The van der Waals surface area contributed by atoms with Crippen LogP contribution in [0, 0.1) is 0 Å². The SMILES string of the molecule is CCOC(=O)[C@H]1Cc2cc(O)ccc2CN1C(=O)OC. The molecule has 1 aromatic carbocycles. The van der Waals surface area contributed by atoms with Crippen molar-refractivity contribution in [2.24, 2.45) is 0 Å². The Kier molecular flexibility index (Phi) is 4.12. The van der Waals surface area contributed by atoms with Crippen molar-refractivity contribution < 1.29 is 24.2 Å². The average Bonchev–Trinajstić information content (AvgIpc) is 2.45. The maximum absolute atomic E-state index is 12.0. The van der Waals surface area contributed by atoms with Gasteiger partial charge >= 0.3 is 12.1 Å². The van der Waals surface area contributed by atoms with E-state index in [1.165, 1.54) is 12.0 Å². The number of phenolic OH excluding ortho intramolecular Hbond substituents is 1. The van der Waals surface area contributed by atoms with E-state index in [9.17, 15) is 14.7 Å². The molecule has 0 fully saturated rings. The fraction of sp³-hybridized carbons (Fsp3) is 0.429. The number of amides is 1. The first-order valence-corrected chi connectivity index (χ1v) is 6.38. The maximum atomic E-state index is 12.0. The van der Waals surface area contributed by atoms with Crippen LogP contribution in [0.4, 0.5) is 4.79 Å². The molecule has 1 atom stereocenters. The van der Waals surface area contributed by atoms with Crippen LogP contribution in [0.15, 0.2) is 18.2 Å². The zero-order valence-corrected chi connectivity index (χ0v) is 11.5. The molecule has 0 aliphatic carbocycles. The van der Waals surface area contributed by atoms with Gasteiger partial charge in [-0.2, -0.15) is 0 Å². The molecule has 0 unspecified atom stereocenters. The standard InChI is InChI=1S/C14H17NO5/c1-3-20-13(17)12-7-10-6-11(16)5-4-9(10)8-15(12)14(18)19-2/h4-6,12,16H,3,7-8H2,1-2H3/t12-/m1/s1. The molecule has 6 nitrogen and oxygen atoms in total. The van der Waals surface area contributed by atoms with Gasteiger partial charge in [0.2, 0.25) is 0 Å². The predicted molar refractivity (Wildman–Crippen MR) is 70.2 cm³/mol. The van der Waals surface area contributed by atoms with Crippen LogP contribution in [0.5, 0.6) is 5.75 Å². The highest BCUT2D eigenvalue weighted by molar-refractivity contribution is 5.82. The highest BCUT2D eigenvalue weighted by Gasteiger charge is 2.36. The van der Waals surface area contributed by atoms with Crippen LogP contribution in [-0.4, -0.2) is 41.8 Å². The van der Waals surface area contributed by atoms with E-state index in [2.05, 4.69) is 0 Å². The molecule has 1 heterocycles. The van der Waals surface area contributed by atoms with Gasteiger partial charge in [-0.1, -0.05) is 6.07 Å². The molecule has 0 aromatic heterocycles. The third-order valence-corrected chi connectivity index (χ3v) is 3.29. The second-order valence-corrected chi connectivity index (χ2v) is 4.52. The summed E-state index contributed by atoms with van der Waals surface area (Å²) in [7, 11) is 1.27. The molecule has 1 amide bonds. The van der Waals surface area contributed by atoms with Gasteiger partial charge in [0.05, 0.1) is 20.3 Å². The number of ether oxygens (including phenoxy) is 2. The number of aromatic hydroxyl groups is 1. The molecule has 108 valence electrons. The van der Waals surface area contributed by atoms with Gasteiger partial charge in [-0.05, 0) is 30.2 Å². The van der Waals surface area contributed by atoms with E-state index in [1.807, 2.05) is 0 Å². The number of hydrogen-bond donors (Lipinski definition) is 1. The summed E-state index contributed by atoms with van der Waals surface area (Å²) >= 11 is 0. The third kappa shape index (κ3) is 2.68. The van der Waals surface area contributed by atoms with Gasteiger partial charge in [0.25, 0.3) is 0 Å². The minimum absolute atomic E-state index is 0.137. The zero-order chi connectivity index (χ0) is 14.7.